The van der Waals surface area contributed by atoms with E-state index in [2.05, 4.69) is 4.74 Å². The van der Waals surface area contributed by atoms with Gasteiger partial charge in [0.1, 0.15) is 5.75 Å². The maximum atomic E-state index is 13.0. The Morgan fingerprint density at radius 2 is 2.07 bits per heavy atom. The quantitative estimate of drug-likeness (QED) is 0.730. The van der Waals surface area contributed by atoms with Crippen LogP contribution in [-0.2, 0) is 16.0 Å². The number of benzene rings is 1. The van der Waals surface area contributed by atoms with Crippen molar-refractivity contribution in [3.05, 3.63) is 29.6 Å². The zero-order valence-electron chi connectivity index (χ0n) is 7.33. The van der Waals surface area contributed by atoms with Gasteiger partial charge in [-0.1, -0.05) is 6.07 Å². The zero-order valence-corrected chi connectivity index (χ0v) is 8.14. The van der Waals surface area contributed by atoms with E-state index in [1.807, 2.05) is 0 Å². The minimum Gasteiger partial charge on any atom is -0.494 e. The monoisotopic (exact) mass is 222 g/mol. The second-order valence-electron chi connectivity index (χ2n) is 2.65. The first-order chi connectivity index (χ1) is 6.42. The lowest BCUT2D eigenvalue weighted by molar-refractivity contribution is 0.386. The average Bonchev–Trinajstić information content (AvgIpc) is 2.01. The maximum absolute atomic E-state index is 13.0. The smallest absolute Gasteiger partial charge is 0.306 e. The van der Waals surface area contributed by atoms with Crippen molar-refractivity contribution >= 4 is 10.2 Å². The summed E-state index contributed by atoms with van der Waals surface area (Å²) >= 11 is 0. The fraction of sp³-hybridized carbons (Fsp3) is 0.250. The molecule has 78 valence electrons. The van der Waals surface area contributed by atoms with Crippen LogP contribution >= 0.6 is 0 Å². The van der Waals surface area contributed by atoms with E-state index in [9.17, 15) is 16.7 Å². The van der Waals surface area contributed by atoms with E-state index in [0.29, 0.717) is 0 Å². The van der Waals surface area contributed by atoms with Crippen LogP contribution in [0.15, 0.2) is 18.2 Å². The van der Waals surface area contributed by atoms with Crippen LogP contribution in [0.2, 0.25) is 0 Å². The van der Waals surface area contributed by atoms with Crippen LogP contribution in [-0.4, -0.2) is 15.5 Å². The molecule has 0 saturated heterocycles. The van der Waals surface area contributed by atoms with Crippen LogP contribution in [0.4, 0.5) is 8.28 Å². The maximum Gasteiger partial charge on any atom is 0.306 e. The van der Waals surface area contributed by atoms with Gasteiger partial charge in [-0.25, -0.2) is 4.39 Å². The standard InChI is InChI=1S/C8H8F2O3S/c1-13-8-3-2-6(4-7(8)9)5-14(10,11)12/h2-4H,5H2,1H3. The predicted octanol–water partition coefficient (Wildman–Crippen LogP) is 1.63. The van der Waals surface area contributed by atoms with E-state index in [0.717, 1.165) is 6.07 Å². The normalized spacial score (nSPS) is 11.4. The Morgan fingerprint density at radius 1 is 1.43 bits per heavy atom. The summed E-state index contributed by atoms with van der Waals surface area (Å²) in [5, 5.41) is 0. The Hall–Kier alpha value is -1.17. The van der Waals surface area contributed by atoms with Crippen LogP contribution in [0.3, 0.4) is 0 Å². The summed E-state index contributed by atoms with van der Waals surface area (Å²) in [7, 11) is -3.34. The van der Waals surface area contributed by atoms with E-state index in [1.165, 1.54) is 19.2 Å². The van der Waals surface area contributed by atoms with Gasteiger partial charge >= 0.3 is 10.2 Å². The largest absolute Gasteiger partial charge is 0.494 e. The van der Waals surface area contributed by atoms with Crippen molar-refractivity contribution in [3.63, 3.8) is 0 Å². The van der Waals surface area contributed by atoms with E-state index in [-0.39, 0.29) is 11.3 Å². The Kier molecular flexibility index (Phi) is 3.05. The van der Waals surface area contributed by atoms with Crippen molar-refractivity contribution in [1.82, 2.24) is 0 Å². The molecule has 1 rings (SSSR count). The van der Waals surface area contributed by atoms with Gasteiger partial charge in [-0.3, -0.25) is 0 Å². The molecule has 0 saturated carbocycles. The summed E-state index contributed by atoms with van der Waals surface area (Å²) in [5.41, 5.74) is 0.0470. The molecule has 0 aromatic heterocycles. The molecule has 1 aromatic rings. The molecule has 0 bridgehead atoms. The van der Waals surface area contributed by atoms with Gasteiger partial charge in [0.2, 0.25) is 0 Å². The van der Waals surface area contributed by atoms with Crippen molar-refractivity contribution < 1.29 is 21.4 Å². The third-order valence-corrected chi connectivity index (χ3v) is 2.23. The van der Waals surface area contributed by atoms with E-state index in [1.54, 1.807) is 0 Å². The molecule has 0 fully saturated rings. The number of rotatable bonds is 3. The van der Waals surface area contributed by atoms with Gasteiger partial charge in [-0.05, 0) is 17.7 Å². The number of hydrogen-bond donors (Lipinski definition) is 0. The lowest BCUT2D eigenvalue weighted by Gasteiger charge is -2.02. The summed E-state index contributed by atoms with van der Waals surface area (Å²) in [6.07, 6.45) is 0. The van der Waals surface area contributed by atoms with Gasteiger partial charge in [0.05, 0.1) is 7.11 Å². The fourth-order valence-electron chi connectivity index (χ4n) is 0.999. The minimum atomic E-state index is -4.62. The number of ether oxygens (including phenoxy) is 1. The van der Waals surface area contributed by atoms with Gasteiger partial charge in [-0.15, -0.1) is 3.89 Å². The third-order valence-electron chi connectivity index (χ3n) is 1.56. The molecule has 0 aliphatic rings. The molecule has 3 nitrogen and oxygen atoms in total. The number of hydrogen-bond acceptors (Lipinski definition) is 3. The molecule has 0 unspecified atom stereocenters. The molecule has 0 amide bonds. The van der Waals surface area contributed by atoms with Gasteiger partial charge in [0.15, 0.2) is 11.6 Å². The molecule has 6 heteroatoms. The van der Waals surface area contributed by atoms with Crippen molar-refractivity contribution in [2.24, 2.45) is 0 Å². The summed E-state index contributed by atoms with van der Waals surface area (Å²) in [6.45, 7) is 0. The van der Waals surface area contributed by atoms with Gasteiger partial charge in [0.25, 0.3) is 0 Å². The zero-order chi connectivity index (χ0) is 10.8. The Labute approximate surface area is 80.5 Å². The number of methoxy groups -OCH3 is 1. The second-order valence-corrected chi connectivity index (χ2v) is 4.02. The topological polar surface area (TPSA) is 43.4 Å². The minimum absolute atomic E-state index is 0.00925. The summed E-state index contributed by atoms with van der Waals surface area (Å²) in [4.78, 5) is 0. The van der Waals surface area contributed by atoms with Crippen molar-refractivity contribution in [2.45, 2.75) is 5.75 Å². The predicted molar refractivity (Wildman–Crippen MR) is 46.7 cm³/mol. The third kappa shape index (κ3) is 2.95. The second kappa shape index (κ2) is 3.91. The summed E-state index contributed by atoms with van der Waals surface area (Å²) < 4.78 is 50.3. The summed E-state index contributed by atoms with van der Waals surface area (Å²) in [5.74, 6) is -1.55. The highest BCUT2D eigenvalue weighted by molar-refractivity contribution is 7.85. The van der Waals surface area contributed by atoms with Crippen LogP contribution in [0.25, 0.3) is 0 Å². The van der Waals surface area contributed by atoms with Crippen molar-refractivity contribution in [3.8, 4) is 5.75 Å². The first-order valence-corrected chi connectivity index (χ1v) is 5.22. The SMILES string of the molecule is COc1ccc(CS(=O)(=O)F)cc1F. The molecule has 0 aliphatic heterocycles. The summed E-state index contributed by atoms with van der Waals surface area (Å²) in [6, 6.07) is 3.46. The Balaban J connectivity index is 2.98. The highest BCUT2D eigenvalue weighted by Gasteiger charge is 2.11. The van der Waals surface area contributed by atoms with Crippen LogP contribution in [0, 0.1) is 5.82 Å². The molecule has 0 spiro atoms. The molecule has 0 atom stereocenters. The van der Waals surface area contributed by atoms with Crippen LogP contribution < -0.4 is 4.74 Å². The van der Waals surface area contributed by atoms with E-state index < -0.39 is 21.8 Å². The van der Waals surface area contributed by atoms with Crippen LogP contribution in [0.1, 0.15) is 5.56 Å². The van der Waals surface area contributed by atoms with Gasteiger partial charge in [0, 0.05) is 0 Å². The average molecular weight is 222 g/mol. The lowest BCUT2D eigenvalue weighted by Crippen LogP contribution is -1.97. The van der Waals surface area contributed by atoms with Gasteiger partial charge in [-0.2, -0.15) is 8.42 Å². The molecule has 0 heterocycles. The molecule has 14 heavy (non-hydrogen) atoms. The molecular weight excluding hydrogens is 214 g/mol. The Morgan fingerprint density at radius 3 is 2.50 bits per heavy atom. The van der Waals surface area contributed by atoms with Crippen molar-refractivity contribution in [1.29, 1.82) is 0 Å². The molecule has 0 aliphatic carbocycles. The van der Waals surface area contributed by atoms with Gasteiger partial charge < -0.3 is 4.74 Å². The van der Waals surface area contributed by atoms with Crippen molar-refractivity contribution in [2.75, 3.05) is 7.11 Å². The highest BCUT2D eigenvalue weighted by Crippen LogP contribution is 2.19. The number of halogens is 2. The Bertz CT molecular complexity index is 428. The molecule has 0 N–H and O–H groups in total. The molecule has 0 radical (unpaired) electrons. The molecule has 1 aromatic carbocycles. The fourth-order valence-corrected chi connectivity index (χ4v) is 1.58. The van der Waals surface area contributed by atoms with E-state index >= 15 is 0 Å². The molecular formula is C8H8F2O3S. The highest BCUT2D eigenvalue weighted by atomic mass is 32.3. The van der Waals surface area contributed by atoms with Crippen LogP contribution in [0.5, 0.6) is 5.75 Å². The lowest BCUT2D eigenvalue weighted by atomic mass is 10.2. The first kappa shape index (κ1) is 10.9. The first-order valence-electron chi connectivity index (χ1n) is 3.67. The van der Waals surface area contributed by atoms with E-state index in [4.69, 9.17) is 0 Å².